The van der Waals surface area contributed by atoms with Crippen LogP contribution in [-0.4, -0.2) is 18.2 Å². The number of nitrogens with one attached hydrogen (secondary N) is 1. The predicted octanol–water partition coefficient (Wildman–Crippen LogP) is 2.09. The van der Waals surface area contributed by atoms with Crippen LogP contribution in [0, 0.1) is 5.92 Å². The van der Waals surface area contributed by atoms with E-state index in [2.05, 4.69) is 25.7 Å². The average molecular weight is 183 g/mol. The Kier molecular flexibility index (Phi) is 2.96. The molecule has 0 spiro atoms. The summed E-state index contributed by atoms with van der Waals surface area (Å²) in [5.41, 5.74) is 1.13. The summed E-state index contributed by atoms with van der Waals surface area (Å²) in [6.45, 7) is 10.1. The third-order valence-electron chi connectivity index (χ3n) is 2.44. The minimum atomic E-state index is -0.311. The quantitative estimate of drug-likeness (QED) is 0.680. The zero-order valence-electron chi connectivity index (χ0n) is 8.46. The molecule has 0 aliphatic carbocycles. The van der Waals surface area contributed by atoms with E-state index in [1.807, 2.05) is 6.92 Å². The Morgan fingerprint density at radius 1 is 1.69 bits per heavy atom. The second-order valence-electron chi connectivity index (χ2n) is 3.89. The molecular formula is C10H17NO2. The van der Waals surface area contributed by atoms with E-state index in [1.54, 1.807) is 0 Å². The van der Waals surface area contributed by atoms with Crippen LogP contribution in [-0.2, 0) is 4.74 Å². The highest BCUT2D eigenvalue weighted by molar-refractivity contribution is 5.70. The normalized spacial score (nSPS) is 27.2. The van der Waals surface area contributed by atoms with Gasteiger partial charge in [0.1, 0.15) is 6.10 Å². The summed E-state index contributed by atoms with van der Waals surface area (Å²) in [4.78, 5) is 10.9. The standard InChI is InChI=1S/C10H17NO2/c1-6(2)7(3)5-9-8(4)11-10(12)13-9/h6,8-9H,3,5H2,1-2,4H3,(H,11,12)/t8-,9-/m0/s1. The average Bonchev–Trinajstić information content (AvgIpc) is 2.30. The summed E-state index contributed by atoms with van der Waals surface area (Å²) in [5.74, 6) is 0.450. The number of cyclic esters (lactones) is 1. The molecule has 0 bridgehead atoms. The fourth-order valence-electron chi connectivity index (χ4n) is 1.26. The van der Waals surface area contributed by atoms with Gasteiger partial charge in [-0.2, -0.15) is 0 Å². The molecule has 0 aromatic carbocycles. The molecule has 1 aliphatic heterocycles. The Hall–Kier alpha value is -0.990. The number of ether oxygens (including phenoxy) is 1. The lowest BCUT2D eigenvalue weighted by atomic mass is 9.97. The van der Waals surface area contributed by atoms with E-state index in [9.17, 15) is 4.79 Å². The largest absolute Gasteiger partial charge is 0.444 e. The Labute approximate surface area is 79.2 Å². The predicted molar refractivity (Wildman–Crippen MR) is 51.5 cm³/mol. The smallest absolute Gasteiger partial charge is 0.407 e. The maximum Gasteiger partial charge on any atom is 0.407 e. The SMILES string of the molecule is C=C(C[C@@H]1OC(=O)N[C@H]1C)C(C)C. The number of hydrogen-bond donors (Lipinski definition) is 1. The molecule has 1 rings (SSSR count). The van der Waals surface area contributed by atoms with E-state index in [-0.39, 0.29) is 18.2 Å². The van der Waals surface area contributed by atoms with Crippen LogP contribution in [0.25, 0.3) is 0 Å². The number of rotatable bonds is 3. The summed E-state index contributed by atoms with van der Waals surface area (Å²) in [5, 5.41) is 2.71. The first-order valence-electron chi connectivity index (χ1n) is 4.65. The molecule has 1 aliphatic rings. The van der Waals surface area contributed by atoms with Crippen LogP contribution in [0.2, 0.25) is 0 Å². The van der Waals surface area contributed by atoms with E-state index in [4.69, 9.17) is 4.74 Å². The summed E-state index contributed by atoms with van der Waals surface area (Å²) in [6.07, 6.45) is 0.411. The van der Waals surface area contributed by atoms with Crippen molar-refractivity contribution in [3.63, 3.8) is 0 Å². The molecule has 1 heterocycles. The maximum absolute atomic E-state index is 10.9. The number of alkyl carbamates (subject to hydrolysis) is 1. The first kappa shape index (κ1) is 10.1. The third kappa shape index (κ3) is 2.47. The molecule has 0 radical (unpaired) electrons. The van der Waals surface area contributed by atoms with Crippen molar-refractivity contribution in [3.05, 3.63) is 12.2 Å². The van der Waals surface area contributed by atoms with Crippen molar-refractivity contribution in [1.82, 2.24) is 5.32 Å². The third-order valence-corrected chi connectivity index (χ3v) is 2.44. The van der Waals surface area contributed by atoms with Crippen molar-refractivity contribution in [2.24, 2.45) is 5.92 Å². The van der Waals surface area contributed by atoms with Crippen LogP contribution in [0.4, 0.5) is 4.79 Å². The van der Waals surface area contributed by atoms with Gasteiger partial charge in [-0.05, 0) is 12.8 Å². The van der Waals surface area contributed by atoms with E-state index >= 15 is 0 Å². The number of carbonyl (C=O) groups excluding carboxylic acids is 1. The van der Waals surface area contributed by atoms with E-state index in [0.717, 1.165) is 12.0 Å². The summed E-state index contributed by atoms with van der Waals surface area (Å²) < 4.78 is 5.08. The van der Waals surface area contributed by atoms with Crippen molar-refractivity contribution in [2.75, 3.05) is 0 Å². The molecular weight excluding hydrogens is 166 g/mol. The van der Waals surface area contributed by atoms with Gasteiger partial charge in [-0.1, -0.05) is 26.0 Å². The molecule has 74 valence electrons. The molecule has 1 fully saturated rings. The zero-order chi connectivity index (χ0) is 10.0. The molecule has 13 heavy (non-hydrogen) atoms. The van der Waals surface area contributed by atoms with Crippen LogP contribution in [0.5, 0.6) is 0 Å². The van der Waals surface area contributed by atoms with Crippen molar-refractivity contribution in [2.45, 2.75) is 39.3 Å². The van der Waals surface area contributed by atoms with Gasteiger partial charge in [0.15, 0.2) is 0 Å². The van der Waals surface area contributed by atoms with Crippen molar-refractivity contribution >= 4 is 6.09 Å². The molecule has 0 aromatic heterocycles. The number of amides is 1. The maximum atomic E-state index is 10.9. The van der Waals surface area contributed by atoms with E-state index in [0.29, 0.717) is 5.92 Å². The lowest BCUT2D eigenvalue weighted by molar-refractivity contribution is 0.132. The highest BCUT2D eigenvalue weighted by Crippen LogP contribution is 2.20. The molecule has 3 heteroatoms. The highest BCUT2D eigenvalue weighted by Gasteiger charge is 2.30. The first-order valence-corrected chi connectivity index (χ1v) is 4.65. The van der Waals surface area contributed by atoms with Gasteiger partial charge >= 0.3 is 6.09 Å². The minimum Gasteiger partial charge on any atom is -0.444 e. The number of carbonyl (C=O) groups is 1. The molecule has 1 N–H and O–H groups in total. The van der Waals surface area contributed by atoms with Crippen molar-refractivity contribution in [3.8, 4) is 0 Å². The van der Waals surface area contributed by atoms with Gasteiger partial charge < -0.3 is 10.1 Å². The molecule has 3 nitrogen and oxygen atoms in total. The van der Waals surface area contributed by atoms with Crippen molar-refractivity contribution in [1.29, 1.82) is 0 Å². The Morgan fingerprint density at radius 2 is 2.31 bits per heavy atom. The highest BCUT2D eigenvalue weighted by atomic mass is 16.6. The van der Waals surface area contributed by atoms with Gasteiger partial charge in [0.05, 0.1) is 6.04 Å². The van der Waals surface area contributed by atoms with Gasteiger partial charge in [0.2, 0.25) is 0 Å². The van der Waals surface area contributed by atoms with Crippen molar-refractivity contribution < 1.29 is 9.53 Å². The molecule has 0 saturated carbocycles. The Morgan fingerprint density at radius 3 is 2.69 bits per heavy atom. The monoisotopic (exact) mass is 183 g/mol. The zero-order valence-corrected chi connectivity index (χ0v) is 8.46. The minimum absolute atomic E-state index is 0.0394. The molecule has 1 amide bonds. The van der Waals surface area contributed by atoms with Crippen LogP contribution < -0.4 is 5.32 Å². The van der Waals surface area contributed by atoms with Crippen LogP contribution in [0.15, 0.2) is 12.2 Å². The second-order valence-corrected chi connectivity index (χ2v) is 3.89. The van der Waals surface area contributed by atoms with Crippen LogP contribution >= 0.6 is 0 Å². The molecule has 0 aromatic rings. The topological polar surface area (TPSA) is 38.3 Å². The number of hydrogen-bond acceptors (Lipinski definition) is 2. The summed E-state index contributed by atoms with van der Waals surface area (Å²) in [6, 6.07) is 0.1000. The van der Waals surface area contributed by atoms with Crippen LogP contribution in [0.3, 0.4) is 0 Å². The molecule has 0 unspecified atom stereocenters. The first-order chi connectivity index (χ1) is 6.00. The lowest BCUT2D eigenvalue weighted by Crippen LogP contribution is -2.28. The fraction of sp³-hybridized carbons (Fsp3) is 0.700. The van der Waals surface area contributed by atoms with Gasteiger partial charge in [0, 0.05) is 6.42 Å². The molecule has 2 atom stereocenters. The van der Waals surface area contributed by atoms with Gasteiger partial charge in [-0.25, -0.2) is 4.79 Å². The summed E-state index contributed by atoms with van der Waals surface area (Å²) >= 11 is 0. The second kappa shape index (κ2) is 3.81. The van der Waals surface area contributed by atoms with Gasteiger partial charge in [0.25, 0.3) is 0 Å². The molecule has 1 saturated heterocycles. The van der Waals surface area contributed by atoms with Crippen LogP contribution in [0.1, 0.15) is 27.2 Å². The van der Waals surface area contributed by atoms with Gasteiger partial charge in [-0.15, -0.1) is 0 Å². The lowest BCUT2D eigenvalue weighted by Gasteiger charge is -2.16. The van der Waals surface area contributed by atoms with E-state index < -0.39 is 0 Å². The fourth-order valence-corrected chi connectivity index (χ4v) is 1.26. The Bertz CT molecular complexity index is 223. The summed E-state index contributed by atoms with van der Waals surface area (Å²) in [7, 11) is 0. The van der Waals surface area contributed by atoms with Gasteiger partial charge in [-0.3, -0.25) is 0 Å². The van der Waals surface area contributed by atoms with E-state index in [1.165, 1.54) is 0 Å². The Balaban J connectivity index is 2.46.